The number of benzene rings is 1. The summed E-state index contributed by atoms with van der Waals surface area (Å²) < 4.78 is 1.92. The van der Waals surface area contributed by atoms with Gasteiger partial charge in [0, 0.05) is 18.1 Å². The van der Waals surface area contributed by atoms with Gasteiger partial charge >= 0.3 is 0 Å². The average molecular weight is 281 g/mol. The summed E-state index contributed by atoms with van der Waals surface area (Å²) in [6.45, 7) is 2.82. The number of fused-ring (bicyclic) bond motifs is 1. The molecule has 1 amide bonds. The van der Waals surface area contributed by atoms with Gasteiger partial charge in [-0.3, -0.25) is 14.5 Å². The molecule has 6 nitrogen and oxygen atoms in total. The van der Waals surface area contributed by atoms with Gasteiger partial charge in [0.2, 0.25) is 5.91 Å². The quantitative estimate of drug-likeness (QED) is 0.768. The fourth-order valence-corrected chi connectivity index (χ4v) is 2.24. The average Bonchev–Trinajstić information content (AvgIpc) is 2.86. The van der Waals surface area contributed by atoms with Crippen LogP contribution >= 0.6 is 0 Å². The van der Waals surface area contributed by atoms with Crippen molar-refractivity contribution in [2.75, 3.05) is 5.32 Å². The number of hydrogen-bond acceptors (Lipinski definition) is 4. The Balaban J connectivity index is 2.02. The van der Waals surface area contributed by atoms with Gasteiger partial charge in [0.15, 0.2) is 5.82 Å². The predicted octanol–water partition coefficient (Wildman–Crippen LogP) is 2.29. The number of amides is 1. The fraction of sp³-hybridized carbons (Fsp3) is 0.133. The minimum atomic E-state index is -0.505. The molecule has 0 fully saturated rings. The fourth-order valence-electron chi connectivity index (χ4n) is 2.24. The Bertz CT molecular complexity index is 809. The molecule has 0 saturated carbocycles. The van der Waals surface area contributed by atoms with Gasteiger partial charge in [-0.1, -0.05) is 12.1 Å². The smallest absolute Gasteiger partial charge is 0.250 e. The maximum Gasteiger partial charge on any atom is 0.250 e. The van der Waals surface area contributed by atoms with Crippen LogP contribution < -0.4 is 11.1 Å². The second-order valence-electron chi connectivity index (χ2n) is 4.63. The number of carbonyl (C=O) groups is 1. The van der Waals surface area contributed by atoms with E-state index in [4.69, 9.17) is 5.73 Å². The summed E-state index contributed by atoms with van der Waals surface area (Å²) in [5.74, 6) is 0.228. The van der Waals surface area contributed by atoms with Crippen molar-refractivity contribution in [1.82, 2.24) is 14.8 Å². The molecule has 0 bridgehead atoms. The molecule has 0 saturated heterocycles. The van der Waals surface area contributed by atoms with Crippen LogP contribution in [-0.2, 0) is 6.54 Å². The van der Waals surface area contributed by atoms with Gasteiger partial charge in [-0.25, -0.2) is 0 Å². The Morgan fingerprint density at radius 1 is 1.33 bits per heavy atom. The van der Waals surface area contributed by atoms with Crippen molar-refractivity contribution in [2.24, 2.45) is 5.73 Å². The highest BCUT2D eigenvalue weighted by Gasteiger charge is 2.10. The number of carbonyl (C=O) groups excluding carboxylic acids is 1. The SMILES string of the molecule is CCn1nc(Nc2cncc(C(N)=O)c2)c2ccccc21. The van der Waals surface area contributed by atoms with E-state index in [1.165, 1.54) is 6.20 Å². The first-order valence-electron chi connectivity index (χ1n) is 6.66. The first-order chi connectivity index (χ1) is 10.2. The Morgan fingerprint density at radius 2 is 2.14 bits per heavy atom. The molecule has 3 rings (SSSR count). The Labute approximate surface area is 121 Å². The Kier molecular flexibility index (Phi) is 3.27. The van der Waals surface area contributed by atoms with Crippen molar-refractivity contribution in [3.8, 4) is 0 Å². The van der Waals surface area contributed by atoms with Crippen molar-refractivity contribution < 1.29 is 4.79 Å². The van der Waals surface area contributed by atoms with Crippen molar-refractivity contribution in [1.29, 1.82) is 0 Å². The van der Waals surface area contributed by atoms with Crippen LogP contribution in [0, 0.1) is 0 Å². The van der Waals surface area contributed by atoms with Crippen LogP contribution in [0.25, 0.3) is 10.9 Å². The number of anilines is 2. The summed E-state index contributed by atoms with van der Waals surface area (Å²) in [6.07, 6.45) is 3.07. The lowest BCUT2D eigenvalue weighted by molar-refractivity contribution is 0.1000. The number of aryl methyl sites for hydroxylation is 1. The number of hydrogen-bond donors (Lipinski definition) is 2. The molecule has 6 heteroatoms. The molecule has 3 N–H and O–H groups in total. The summed E-state index contributed by atoms with van der Waals surface area (Å²) in [4.78, 5) is 15.2. The summed E-state index contributed by atoms with van der Waals surface area (Å²) in [7, 11) is 0. The van der Waals surface area contributed by atoms with Crippen LogP contribution in [0.2, 0.25) is 0 Å². The number of primary amides is 1. The standard InChI is InChI=1S/C15H15N5O/c1-2-20-13-6-4-3-5-12(13)15(19-20)18-11-7-10(14(16)21)8-17-9-11/h3-9H,2H2,1H3,(H2,16,21)(H,18,19). The third-order valence-electron chi connectivity index (χ3n) is 3.24. The highest BCUT2D eigenvalue weighted by molar-refractivity contribution is 5.95. The van der Waals surface area contributed by atoms with E-state index < -0.39 is 5.91 Å². The molecule has 0 atom stereocenters. The molecule has 2 aromatic heterocycles. The molecule has 0 aliphatic rings. The predicted molar refractivity (Wildman–Crippen MR) is 81.4 cm³/mol. The van der Waals surface area contributed by atoms with E-state index in [0.717, 1.165) is 23.3 Å². The van der Waals surface area contributed by atoms with Crippen LogP contribution in [0.15, 0.2) is 42.7 Å². The van der Waals surface area contributed by atoms with Gasteiger partial charge in [0.25, 0.3) is 0 Å². The summed E-state index contributed by atoms with van der Waals surface area (Å²) in [5.41, 5.74) is 7.36. The molecule has 106 valence electrons. The van der Waals surface area contributed by atoms with Crippen molar-refractivity contribution in [3.63, 3.8) is 0 Å². The van der Waals surface area contributed by atoms with Gasteiger partial charge in [0.1, 0.15) is 0 Å². The Hall–Kier alpha value is -2.89. The first-order valence-corrected chi connectivity index (χ1v) is 6.66. The number of nitrogens with zero attached hydrogens (tertiary/aromatic N) is 3. The first kappa shape index (κ1) is 13.1. The topological polar surface area (TPSA) is 85.8 Å². The monoisotopic (exact) mass is 281 g/mol. The molecular formula is C15H15N5O. The van der Waals surface area contributed by atoms with E-state index in [9.17, 15) is 4.79 Å². The van der Waals surface area contributed by atoms with Gasteiger partial charge in [-0.15, -0.1) is 0 Å². The third-order valence-corrected chi connectivity index (χ3v) is 3.24. The maximum absolute atomic E-state index is 11.2. The normalized spacial score (nSPS) is 10.7. The zero-order valence-electron chi connectivity index (χ0n) is 11.6. The summed E-state index contributed by atoms with van der Waals surface area (Å²) in [5, 5.41) is 8.75. The number of nitrogens with one attached hydrogen (secondary N) is 1. The second-order valence-corrected chi connectivity index (χ2v) is 4.63. The molecule has 2 heterocycles. The zero-order chi connectivity index (χ0) is 14.8. The van der Waals surface area contributed by atoms with Gasteiger partial charge < -0.3 is 11.1 Å². The maximum atomic E-state index is 11.2. The third kappa shape index (κ3) is 2.43. The van der Waals surface area contributed by atoms with E-state index in [1.54, 1.807) is 12.3 Å². The highest BCUT2D eigenvalue weighted by Crippen LogP contribution is 2.25. The molecule has 21 heavy (non-hydrogen) atoms. The number of para-hydroxylation sites is 1. The molecule has 0 unspecified atom stereocenters. The van der Waals surface area contributed by atoms with Gasteiger partial charge in [-0.05, 0) is 25.1 Å². The summed E-state index contributed by atoms with van der Waals surface area (Å²) >= 11 is 0. The van der Waals surface area contributed by atoms with E-state index in [0.29, 0.717) is 11.3 Å². The number of pyridine rings is 1. The van der Waals surface area contributed by atoms with Crippen LogP contribution in [0.4, 0.5) is 11.5 Å². The number of rotatable bonds is 4. The molecule has 0 aliphatic heterocycles. The lowest BCUT2D eigenvalue weighted by atomic mass is 10.2. The summed E-state index contributed by atoms with van der Waals surface area (Å²) in [6, 6.07) is 9.63. The van der Waals surface area contributed by atoms with Gasteiger partial charge in [-0.2, -0.15) is 5.10 Å². The van der Waals surface area contributed by atoms with Crippen molar-refractivity contribution >= 4 is 28.3 Å². The van der Waals surface area contributed by atoms with E-state index in [2.05, 4.69) is 15.4 Å². The van der Waals surface area contributed by atoms with Crippen LogP contribution in [-0.4, -0.2) is 20.7 Å². The lowest BCUT2D eigenvalue weighted by Crippen LogP contribution is -2.11. The van der Waals surface area contributed by atoms with Crippen LogP contribution in [0.3, 0.4) is 0 Å². The molecule has 0 aliphatic carbocycles. The molecule has 0 radical (unpaired) electrons. The van der Waals surface area contributed by atoms with Crippen LogP contribution in [0.1, 0.15) is 17.3 Å². The largest absolute Gasteiger partial charge is 0.366 e. The van der Waals surface area contributed by atoms with E-state index >= 15 is 0 Å². The number of nitrogens with two attached hydrogens (primary N) is 1. The second kappa shape index (κ2) is 5.24. The molecule has 1 aromatic carbocycles. The zero-order valence-corrected chi connectivity index (χ0v) is 11.6. The molecule has 0 spiro atoms. The highest BCUT2D eigenvalue weighted by atomic mass is 16.1. The minimum absolute atomic E-state index is 0.360. The molecular weight excluding hydrogens is 266 g/mol. The van der Waals surface area contributed by atoms with Crippen LogP contribution in [0.5, 0.6) is 0 Å². The minimum Gasteiger partial charge on any atom is -0.366 e. The Morgan fingerprint density at radius 3 is 2.90 bits per heavy atom. The number of aromatic nitrogens is 3. The van der Waals surface area contributed by atoms with E-state index in [-0.39, 0.29) is 0 Å². The molecule has 3 aromatic rings. The van der Waals surface area contributed by atoms with Crippen molar-refractivity contribution in [3.05, 3.63) is 48.3 Å². The lowest BCUT2D eigenvalue weighted by Gasteiger charge is -2.04. The van der Waals surface area contributed by atoms with Gasteiger partial charge in [0.05, 0.1) is 23.0 Å². The van der Waals surface area contributed by atoms with Crippen molar-refractivity contribution in [2.45, 2.75) is 13.5 Å². The van der Waals surface area contributed by atoms with E-state index in [1.807, 2.05) is 35.9 Å².